The molecule has 0 unspecified atom stereocenters. The summed E-state index contributed by atoms with van der Waals surface area (Å²) in [5.74, 6) is -0.851. The smallest absolute Gasteiger partial charge is 0.316 e. The van der Waals surface area contributed by atoms with E-state index in [0.29, 0.717) is 45.8 Å². The Morgan fingerprint density at radius 2 is 1.94 bits per heavy atom. The highest BCUT2D eigenvalue weighted by molar-refractivity contribution is 6.14. The Morgan fingerprint density at radius 1 is 1.17 bits per heavy atom. The van der Waals surface area contributed by atoms with Gasteiger partial charge in [-0.15, -0.1) is 0 Å². The lowest BCUT2D eigenvalue weighted by molar-refractivity contribution is 0.102. The number of carbonyl (C=O) groups excluding carboxylic acids is 1. The second-order valence-electron chi connectivity index (χ2n) is 9.82. The summed E-state index contributed by atoms with van der Waals surface area (Å²) in [6, 6.07) is 7.91. The van der Waals surface area contributed by atoms with Gasteiger partial charge in [-0.1, -0.05) is 0 Å². The number of halogens is 1. The molecule has 1 aliphatic heterocycles. The maximum Gasteiger partial charge on any atom is 0.316 e. The van der Waals surface area contributed by atoms with Gasteiger partial charge in [-0.05, 0) is 51.0 Å². The van der Waals surface area contributed by atoms with E-state index in [1.165, 1.54) is 13.2 Å². The highest BCUT2D eigenvalue weighted by Gasteiger charge is 2.26. The van der Waals surface area contributed by atoms with Crippen molar-refractivity contribution in [3.8, 4) is 6.01 Å². The van der Waals surface area contributed by atoms with Crippen molar-refractivity contribution in [3.63, 3.8) is 0 Å². The highest BCUT2D eigenvalue weighted by atomic mass is 19.1. The van der Waals surface area contributed by atoms with Crippen LogP contribution in [0.15, 0.2) is 36.7 Å². The molecule has 1 saturated heterocycles. The van der Waals surface area contributed by atoms with E-state index in [2.05, 4.69) is 44.4 Å². The summed E-state index contributed by atoms with van der Waals surface area (Å²) in [4.78, 5) is 24.5. The van der Waals surface area contributed by atoms with Crippen molar-refractivity contribution in [2.75, 3.05) is 30.4 Å². The van der Waals surface area contributed by atoms with Crippen LogP contribution in [0.1, 0.15) is 43.1 Å². The van der Waals surface area contributed by atoms with Crippen LogP contribution >= 0.6 is 0 Å². The zero-order valence-electron chi connectivity index (χ0n) is 20.5. The number of anilines is 2. The van der Waals surface area contributed by atoms with Gasteiger partial charge in [-0.2, -0.15) is 10.1 Å². The second-order valence-corrected chi connectivity index (χ2v) is 9.82. The fourth-order valence-electron chi connectivity index (χ4n) is 5.08. The van der Waals surface area contributed by atoms with E-state index in [9.17, 15) is 9.18 Å². The number of amides is 1. The Labute approximate surface area is 207 Å². The van der Waals surface area contributed by atoms with Gasteiger partial charge in [0.05, 0.1) is 24.2 Å². The molecule has 2 fully saturated rings. The molecule has 1 aliphatic carbocycles. The van der Waals surface area contributed by atoms with Crippen molar-refractivity contribution in [1.82, 2.24) is 25.1 Å². The first-order valence-electron chi connectivity index (χ1n) is 12.2. The molecule has 6 rings (SSSR count). The second kappa shape index (κ2) is 8.70. The van der Waals surface area contributed by atoms with Gasteiger partial charge < -0.3 is 20.3 Å². The van der Waals surface area contributed by atoms with E-state index in [-0.39, 0.29) is 11.9 Å². The van der Waals surface area contributed by atoms with E-state index < -0.39 is 5.82 Å². The van der Waals surface area contributed by atoms with Crippen LogP contribution < -0.4 is 20.3 Å². The largest absolute Gasteiger partial charge is 0.467 e. The van der Waals surface area contributed by atoms with Crippen molar-refractivity contribution in [3.05, 3.63) is 48.0 Å². The molecular weight excluding hydrogens is 461 g/mol. The number of fused-ring (bicyclic) bond motifs is 2. The summed E-state index contributed by atoms with van der Waals surface area (Å²) in [5, 5.41) is 12.2. The Hall–Kier alpha value is -3.79. The van der Waals surface area contributed by atoms with Crippen LogP contribution in [0, 0.1) is 5.82 Å². The summed E-state index contributed by atoms with van der Waals surface area (Å²) in [7, 11) is 1.49. The van der Waals surface area contributed by atoms with Crippen molar-refractivity contribution in [1.29, 1.82) is 0 Å². The van der Waals surface area contributed by atoms with Crippen molar-refractivity contribution >= 4 is 39.1 Å². The molecule has 9 nitrogen and oxygen atoms in total. The number of hydrogen-bond acceptors (Lipinski definition) is 7. The average molecular weight is 490 g/mol. The van der Waals surface area contributed by atoms with Crippen LogP contribution in [0.25, 0.3) is 21.8 Å². The third-order valence-corrected chi connectivity index (χ3v) is 6.79. The number of benzene rings is 2. The summed E-state index contributed by atoms with van der Waals surface area (Å²) in [5.41, 5.74) is 2.48. The quantitative estimate of drug-likeness (QED) is 0.439. The SMILES string of the molecule is COc1ncc2c(N3C[C@H](C)N[C@@H](C)C3)ccc(C(=O)Nc3cc(F)c4nn(C5CC5)cc4c3)c2n1. The third-order valence-electron chi connectivity index (χ3n) is 6.79. The lowest BCUT2D eigenvalue weighted by Gasteiger charge is -2.38. The monoisotopic (exact) mass is 489 g/mol. The zero-order valence-corrected chi connectivity index (χ0v) is 20.5. The lowest BCUT2D eigenvalue weighted by Crippen LogP contribution is -2.54. The number of hydrogen-bond donors (Lipinski definition) is 2. The predicted octanol–water partition coefficient (Wildman–Crippen LogP) is 3.90. The molecule has 2 N–H and O–H groups in total. The maximum absolute atomic E-state index is 14.8. The maximum atomic E-state index is 14.8. The number of rotatable bonds is 5. The molecule has 1 saturated carbocycles. The van der Waals surface area contributed by atoms with Crippen LogP contribution in [-0.4, -0.2) is 57.9 Å². The van der Waals surface area contributed by atoms with E-state index in [1.54, 1.807) is 18.3 Å². The summed E-state index contributed by atoms with van der Waals surface area (Å²) >= 11 is 0. The van der Waals surface area contributed by atoms with Gasteiger partial charge in [0.15, 0.2) is 5.82 Å². The molecule has 2 atom stereocenters. The number of ether oxygens (including phenoxy) is 1. The fourth-order valence-corrected chi connectivity index (χ4v) is 5.08. The zero-order chi connectivity index (χ0) is 25.0. The Bertz CT molecular complexity index is 1470. The summed E-state index contributed by atoms with van der Waals surface area (Å²) in [6.07, 6.45) is 5.64. The number of carbonyl (C=O) groups is 1. The van der Waals surface area contributed by atoms with Gasteiger partial charge in [0.1, 0.15) is 5.52 Å². The van der Waals surface area contributed by atoms with Gasteiger partial charge in [0.25, 0.3) is 5.91 Å². The first-order chi connectivity index (χ1) is 17.4. The molecule has 2 aromatic carbocycles. The lowest BCUT2D eigenvalue weighted by atomic mass is 10.0. The first kappa shape index (κ1) is 22.7. The van der Waals surface area contributed by atoms with Gasteiger partial charge in [-0.3, -0.25) is 9.48 Å². The summed E-state index contributed by atoms with van der Waals surface area (Å²) < 4.78 is 21.9. The highest BCUT2D eigenvalue weighted by Crippen LogP contribution is 2.36. The van der Waals surface area contributed by atoms with Gasteiger partial charge in [-0.25, -0.2) is 9.37 Å². The number of aromatic nitrogens is 4. The standard InChI is InChI=1S/C26H28FN7O2/c1-14-11-33(12-15(2)29-14)22-7-6-19(24-20(22)10-28-26(31-24)36-3)25(35)30-17-8-16-13-34(18-4-5-18)32-23(16)21(27)9-17/h6-10,13-15,18,29H,4-5,11-12H2,1-3H3,(H,30,35)/t14-,15-/m0/s1. The normalized spacial score (nSPS) is 20.2. The van der Waals surface area contributed by atoms with Gasteiger partial charge in [0, 0.05) is 59.7 Å². The molecule has 3 heterocycles. The van der Waals surface area contributed by atoms with Crippen molar-refractivity contribution in [2.45, 2.75) is 44.8 Å². The Morgan fingerprint density at radius 3 is 2.67 bits per heavy atom. The van der Waals surface area contributed by atoms with Gasteiger partial charge in [0.2, 0.25) is 0 Å². The molecule has 10 heteroatoms. The van der Waals surface area contributed by atoms with Crippen LogP contribution in [-0.2, 0) is 0 Å². The number of methoxy groups -OCH3 is 1. The minimum Gasteiger partial charge on any atom is -0.467 e. The van der Waals surface area contributed by atoms with Crippen LogP contribution in [0.4, 0.5) is 15.8 Å². The van der Waals surface area contributed by atoms with Gasteiger partial charge >= 0.3 is 6.01 Å². The molecule has 186 valence electrons. The van der Waals surface area contributed by atoms with Crippen LogP contribution in [0.3, 0.4) is 0 Å². The molecule has 36 heavy (non-hydrogen) atoms. The average Bonchev–Trinajstić information content (AvgIpc) is 3.61. The minimum atomic E-state index is -0.464. The number of piperazine rings is 1. The fraction of sp³-hybridized carbons (Fsp3) is 0.385. The van der Waals surface area contributed by atoms with Crippen LogP contribution in [0.2, 0.25) is 0 Å². The summed E-state index contributed by atoms with van der Waals surface area (Å²) in [6.45, 7) is 5.95. The Kier molecular flexibility index (Phi) is 5.48. The van der Waals surface area contributed by atoms with Crippen LogP contribution in [0.5, 0.6) is 6.01 Å². The topological polar surface area (TPSA) is 97.2 Å². The Balaban J connectivity index is 1.36. The molecular formula is C26H28FN7O2. The molecule has 4 aromatic rings. The molecule has 0 spiro atoms. The number of nitrogens with one attached hydrogen (secondary N) is 2. The van der Waals surface area contributed by atoms with Crippen molar-refractivity contribution in [2.24, 2.45) is 0 Å². The predicted molar refractivity (Wildman–Crippen MR) is 136 cm³/mol. The van der Waals surface area contributed by atoms with E-state index in [0.717, 1.165) is 37.0 Å². The van der Waals surface area contributed by atoms with E-state index in [4.69, 9.17) is 4.74 Å². The molecule has 0 bridgehead atoms. The van der Waals surface area contributed by atoms with Crippen molar-refractivity contribution < 1.29 is 13.9 Å². The minimum absolute atomic E-state index is 0.177. The molecule has 2 aliphatic rings. The van der Waals surface area contributed by atoms with E-state index in [1.807, 2.05) is 16.9 Å². The first-order valence-corrected chi connectivity index (χ1v) is 12.2. The molecule has 0 radical (unpaired) electrons. The number of nitrogens with zero attached hydrogens (tertiary/aromatic N) is 5. The molecule has 2 aromatic heterocycles. The molecule has 1 amide bonds. The third kappa shape index (κ3) is 4.11. The van der Waals surface area contributed by atoms with E-state index >= 15 is 0 Å².